The first-order chi connectivity index (χ1) is 14.0. The molecule has 2 amide bonds. The van der Waals surface area contributed by atoms with Crippen LogP contribution < -0.4 is 10.2 Å². The minimum absolute atomic E-state index is 0.163. The number of aliphatic imine (C=N–C) groups is 1. The number of hydrogen-bond acceptors (Lipinski definition) is 4. The number of amides is 2. The van der Waals surface area contributed by atoms with E-state index in [1.165, 1.54) is 0 Å². The lowest BCUT2D eigenvalue weighted by molar-refractivity contribution is 0.252. The molecule has 7 heteroatoms. The van der Waals surface area contributed by atoms with Crippen LogP contribution in [0.5, 0.6) is 0 Å². The standard InChI is InChI=1S/C22H26N6O/c1-15-7-4-5-8-17(15)20-21(23-11-6-12-27(2)3)26-22(29)28(20)16-9-10-18-19(13-16)25-14-24-18/h4-5,7-10,13-14,20H,6,11-12H2,1-3H3,(H,24,25)(H,23,26,29). The summed E-state index contributed by atoms with van der Waals surface area (Å²) in [7, 11) is 4.10. The summed E-state index contributed by atoms with van der Waals surface area (Å²) in [5.74, 6) is 0.702. The molecule has 1 atom stereocenters. The normalized spacial score (nSPS) is 18.2. The van der Waals surface area contributed by atoms with Crippen LogP contribution in [0.3, 0.4) is 0 Å². The van der Waals surface area contributed by atoms with Gasteiger partial charge in [0, 0.05) is 12.2 Å². The van der Waals surface area contributed by atoms with Gasteiger partial charge in [0.1, 0.15) is 11.9 Å². The third-order valence-corrected chi connectivity index (χ3v) is 5.18. The van der Waals surface area contributed by atoms with E-state index >= 15 is 0 Å². The zero-order valence-corrected chi connectivity index (χ0v) is 17.0. The molecular weight excluding hydrogens is 364 g/mol. The second-order valence-corrected chi connectivity index (χ2v) is 7.59. The number of rotatable bonds is 6. The third-order valence-electron chi connectivity index (χ3n) is 5.18. The highest BCUT2D eigenvalue weighted by Gasteiger charge is 2.39. The Bertz CT molecular complexity index is 1050. The Hall–Kier alpha value is -3.19. The van der Waals surface area contributed by atoms with Crippen LogP contribution in [0.4, 0.5) is 10.5 Å². The van der Waals surface area contributed by atoms with Gasteiger partial charge in [0.2, 0.25) is 0 Å². The molecular formula is C22H26N6O. The molecule has 150 valence electrons. The van der Waals surface area contributed by atoms with Gasteiger partial charge in [-0.15, -0.1) is 0 Å². The van der Waals surface area contributed by atoms with E-state index < -0.39 is 0 Å². The van der Waals surface area contributed by atoms with Gasteiger partial charge in [0.05, 0.1) is 17.4 Å². The highest BCUT2D eigenvalue weighted by Crippen LogP contribution is 2.34. The molecule has 1 aliphatic rings. The fourth-order valence-electron chi connectivity index (χ4n) is 3.71. The summed E-state index contributed by atoms with van der Waals surface area (Å²) in [5.41, 5.74) is 4.78. The van der Waals surface area contributed by atoms with Crippen LogP contribution >= 0.6 is 0 Å². The van der Waals surface area contributed by atoms with Crippen LogP contribution in [0.25, 0.3) is 11.0 Å². The number of benzene rings is 2. The molecule has 1 unspecified atom stereocenters. The van der Waals surface area contributed by atoms with Gasteiger partial charge in [-0.25, -0.2) is 9.78 Å². The smallest absolute Gasteiger partial charge is 0.328 e. The Morgan fingerprint density at radius 2 is 2.03 bits per heavy atom. The zero-order valence-electron chi connectivity index (χ0n) is 17.0. The lowest BCUT2D eigenvalue weighted by Gasteiger charge is -2.24. The van der Waals surface area contributed by atoms with E-state index in [0.717, 1.165) is 40.8 Å². The number of hydrogen-bond donors (Lipinski definition) is 2. The molecule has 0 bridgehead atoms. The number of anilines is 1. The number of aromatic nitrogens is 2. The van der Waals surface area contributed by atoms with E-state index in [9.17, 15) is 4.79 Å². The molecule has 0 saturated carbocycles. The predicted molar refractivity (Wildman–Crippen MR) is 116 cm³/mol. The van der Waals surface area contributed by atoms with Crippen molar-refractivity contribution in [3.05, 3.63) is 59.9 Å². The first kappa shape index (κ1) is 19.1. The molecule has 29 heavy (non-hydrogen) atoms. The molecule has 1 aliphatic heterocycles. The van der Waals surface area contributed by atoms with Gasteiger partial charge in [-0.3, -0.25) is 15.2 Å². The van der Waals surface area contributed by atoms with Crippen LogP contribution in [-0.4, -0.2) is 53.9 Å². The molecule has 2 aromatic carbocycles. The summed E-state index contributed by atoms with van der Waals surface area (Å²) in [4.78, 5) is 29.1. The number of amidine groups is 1. The quantitative estimate of drug-likeness (QED) is 0.633. The van der Waals surface area contributed by atoms with Crippen molar-refractivity contribution >= 4 is 28.6 Å². The van der Waals surface area contributed by atoms with Crippen molar-refractivity contribution in [1.82, 2.24) is 20.2 Å². The van der Waals surface area contributed by atoms with E-state index in [-0.39, 0.29) is 12.1 Å². The number of urea groups is 1. The Morgan fingerprint density at radius 3 is 2.83 bits per heavy atom. The molecule has 0 radical (unpaired) electrons. The first-order valence-corrected chi connectivity index (χ1v) is 9.82. The fraction of sp³-hybridized carbons (Fsp3) is 0.318. The molecule has 2 N–H and O–H groups in total. The van der Waals surface area contributed by atoms with Gasteiger partial charge in [0.15, 0.2) is 0 Å². The molecule has 1 saturated heterocycles. The van der Waals surface area contributed by atoms with Crippen LogP contribution in [0.2, 0.25) is 0 Å². The molecule has 7 nitrogen and oxygen atoms in total. The number of aromatic amines is 1. The monoisotopic (exact) mass is 390 g/mol. The number of fused-ring (bicyclic) bond motifs is 1. The molecule has 0 aliphatic carbocycles. The molecule has 4 rings (SSSR count). The van der Waals surface area contributed by atoms with Crippen LogP contribution in [0.1, 0.15) is 23.6 Å². The van der Waals surface area contributed by atoms with Crippen molar-refractivity contribution in [2.45, 2.75) is 19.4 Å². The Kier molecular flexibility index (Phi) is 5.31. The predicted octanol–water partition coefficient (Wildman–Crippen LogP) is 3.49. The number of carbonyl (C=O) groups excluding carboxylic acids is 1. The first-order valence-electron chi connectivity index (χ1n) is 9.82. The average molecular weight is 390 g/mol. The van der Waals surface area contributed by atoms with Gasteiger partial charge in [-0.05, 0) is 63.3 Å². The number of aryl methyl sites for hydroxylation is 1. The minimum atomic E-state index is -0.275. The minimum Gasteiger partial charge on any atom is -0.345 e. The van der Waals surface area contributed by atoms with Crippen molar-refractivity contribution in [3.63, 3.8) is 0 Å². The largest absolute Gasteiger partial charge is 0.345 e. The fourth-order valence-corrected chi connectivity index (χ4v) is 3.71. The van der Waals surface area contributed by atoms with Gasteiger partial charge in [-0.2, -0.15) is 0 Å². The Morgan fingerprint density at radius 1 is 1.21 bits per heavy atom. The summed E-state index contributed by atoms with van der Waals surface area (Å²) in [6, 6.07) is 13.5. The third kappa shape index (κ3) is 3.86. The zero-order chi connectivity index (χ0) is 20.4. The van der Waals surface area contributed by atoms with E-state index in [4.69, 9.17) is 4.99 Å². The number of nitrogens with one attached hydrogen (secondary N) is 2. The lowest BCUT2D eigenvalue weighted by Crippen LogP contribution is -2.29. The van der Waals surface area contributed by atoms with E-state index in [0.29, 0.717) is 12.4 Å². The van der Waals surface area contributed by atoms with Gasteiger partial charge >= 0.3 is 6.03 Å². The summed E-state index contributed by atoms with van der Waals surface area (Å²) in [6.07, 6.45) is 2.60. The highest BCUT2D eigenvalue weighted by atomic mass is 16.2. The maximum absolute atomic E-state index is 13.0. The van der Waals surface area contributed by atoms with Gasteiger partial charge in [-0.1, -0.05) is 24.3 Å². The Labute approximate surface area is 170 Å². The topological polar surface area (TPSA) is 76.6 Å². The number of imidazole rings is 1. The lowest BCUT2D eigenvalue weighted by atomic mass is 9.99. The molecule has 2 heterocycles. The summed E-state index contributed by atoms with van der Waals surface area (Å²) >= 11 is 0. The van der Waals surface area contributed by atoms with E-state index in [2.05, 4.69) is 39.2 Å². The van der Waals surface area contributed by atoms with Crippen LogP contribution in [0.15, 0.2) is 53.8 Å². The van der Waals surface area contributed by atoms with Gasteiger partial charge < -0.3 is 9.88 Å². The van der Waals surface area contributed by atoms with Crippen molar-refractivity contribution in [2.75, 3.05) is 32.1 Å². The summed E-state index contributed by atoms with van der Waals surface area (Å²) in [6.45, 7) is 3.70. The maximum atomic E-state index is 13.0. The highest BCUT2D eigenvalue weighted by molar-refractivity contribution is 6.17. The van der Waals surface area contributed by atoms with Crippen LogP contribution in [0, 0.1) is 6.92 Å². The van der Waals surface area contributed by atoms with Crippen molar-refractivity contribution in [3.8, 4) is 0 Å². The van der Waals surface area contributed by atoms with E-state index in [1.54, 1.807) is 11.2 Å². The molecule has 0 spiro atoms. The molecule has 3 aromatic rings. The number of H-pyrrole nitrogens is 1. The van der Waals surface area contributed by atoms with Gasteiger partial charge in [0.25, 0.3) is 0 Å². The van der Waals surface area contributed by atoms with Crippen molar-refractivity contribution in [2.24, 2.45) is 4.99 Å². The number of carbonyl (C=O) groups is 1. The number of nitrogens with zero attached hydrogens (tertiary/aromatic N) is 4. The van der Waals surface area contributed by atoms with Crippen LogP contribution in [-0.2, 0) is 0 Å². The summed E-state index contributed by atoms with van der Waals surface area (Å²) in [5, 5.41) is 3.01. The molecule has 1 aromatic heterocycles. The maximum Gasteiger partial charge on any atom is 0.328 e. The Balaban J connectivity index is 1.73. The van der Waals surface area contributed by atoms with Crippen molar-refractivity contribution < 1.29 is 4.79 Å². The molecule has 1 fully saturated rings. The van der Waals surface area contributed by atoms with Crippen molar-refractivity contribution in [1.29, 1.82) is 0 Å². The second-order valence-electron chi connectivity index (χ2n) is 7.59. The second kappa shape index (κ2) is 8.05. The SMILES string of the molecule is Cc1ccccc1C1C(=NCCCN(C)C)NC(=O)N1c1ccc2nc[nH]c2c1. The van der Waals surface area contributed by atoms with E-state index in [1.807, 2.05) is 44.4 Å². The summed E-state index contributed by atoms with van der Waals surface area (Å²) < 4.78 is 0. The average Bonchev–Trinajstić information content (AvgIpc) is 3.29.